The number of aromatic nitrogens is 2. The molecule has 0 aliphatic rings. The molecule has 88 valence electrons. The molecule has 1 rings (SSSR count). The van der Waals surface area contributed by atoms with Gasteiger partial charge in [-0.2, -0.15) is 5.10 Å². The topological polar surface area (TPSA) is 29.9 Å². The molecule has 0 aliphatic carbocycles. The van der Waals surface area contributed by atoms with Crippen molar-refractivity contribution in [3.63, 3.8) is 0 Å². The fourth-order valence-electron chi connectivity index (χ4n) is 1.59. The van der Waals surface area contributed by atoms with Crippen molar-refractivity contribution in [2.75, 3.05) is 6.54 Å². The summed E-state index contributed by atoms with van der Waals surface area (Å²) in [5.41, 5.74) is 2.40. The highest BCUT2D eigenvalue weighted by atomic mass is 15.3. The number of hydrogen-bond acceptors (Lipinski definition) is 2. The first-order valence-electron chi connectivity index (χ1n) is 5.95. The Labute approximate surface area is 98.2 Å². The van der Waals surface area contributed by atoms with E-state index in [0.717, 1.165) is 44.6 Å². The Balaban J connectivity index is 2.43. The predicted molar refractivity (Wildman–Crippen MR) is 67.0 cm³/mol. The number of aryl methyl sites for hydroxylation is 2. The third-order valence-electron chi connectivity index (χ3n) is 2.50. The Morgan fingerprint density at radius 1 is 1.56 bits per heavy atom. The Morgan fingerprint density at radius 3 is 3.06 bits per heavy atom. The van der Waals surface area contributed by atoms with E-state index in [-0.39, 0.29) is 0 Å². The van der Waals surface area contributed by atoms with Gasteiger partial charge in [-0.15, -0.1) is 12.3 Å². The molecule has 0 atom stereocenters. The van der Waals surface area contributed by atoms with Crippen LogP contribution in [0.15, 0.2) is 6.20 Å². The summed E-state index contributed by atoms with van der Waals surface area (Å²) >= 11 is 0. The molecule has 0 amide bonds. The Hall–Kier alpha value is -1.27. The van der Waals surface area contributed by atoms with E-state index in [9.17, 15) is 0 Å². The molecule has 0 aliphatic heterocycles. The van der Waals surface area contributed by atoms with Gasteiger partial charge in [-0.1, -0.05) is 6.92 Å². The van der Waals surface area contributed by atoms with Crippen LogP contribution in [0.1, 0.15) is 37.4 Å². The molecule has 0 saturated heterocycles. The standard InChI is InChI=1S/C13H21N3/c1-4-6-7-9-16-11-13(12(3)15-16)10-14-8-5-2/h1,11,14H,5-10H2,2-3H3. The lowest BCUT2D eigenvalue weighted by Gasteiger charge is -2.00. The summed E-state index contributed by atoms with van der Waals surface area (Å²) in [7, 11) is 0. The first-order chi connectivity index (χ1) is 7.77. The summed E-state index contributed by atoms with van der Waals surface area (Å²) in [5.74, 6) is 2.65. The zero-order valence-electron chi connectivity index (χ0n) is 10.3. The van der Waals surface area contributed by atoms with E-state index in [4.69, 9.17) is 6.42 Å². The van der Waals surface area contributed by atoms with E-state index in [1.54, 1.807) is 0 Å². The van der Waals surface area contributed by atoms with Crippen LogP contribution < -0.4 is 5.32 Å². The van der Waals surface area contributed by atoms with Gasteiger partial charge in [0.05, 0.1) is 5.69 Å². The van der Waals surface area contributed by atoms with Gasteiger partial charge in [0.1, 0.15) is 0 Å². The SMILES string of the molecule is C#CCCCn1cc(CNCCC)c(C)n1. The maximum Gasteiger partial charge on any atom is 0.0638 e. The van der Waals surface area contributed by atoms with Crippen LogP contribution in [0.5, 0.6) is 0 Å². The highest BCUT2D eigenvalue weighted by Gasteiger charge is 2.03. The first-order valence-corrected chi connectivity index (χ1v) is 5.95. The first kappa shape index (κ1) is 12.8. The molecule has 0 spiro atoms. The zero-order valence-corrected chi connectivity index (χ0v) is 10.3. The highest BCUT2D eigenvalue weighted by Crippen LogP contribution is 2.06. The molecule has 0 bridgehead atoms. The fourth-order valence-corrected chi connectivity index (χ4v) is 1.59. The fraction of sp³-hybridized carbons (Fsp3) is 0.615. The van der Waals surface area contributed by atoms with Crippen LogP contribution in [-0.4, -0.2) is 16.3 Å². The molecule has 1 heterocycles. The van der Waals surface area contributed by atoms with Crippen molar-refractivity contribution in [1.29, 1.82) is 0 Å². The third kappa shape index (κ3) is 4.08. The van der Waals surface area contributed by atoms with E-state index < -0.39 is 0 Å². The van der Waals surface area contributed by atoms with E-state index in [0.29, 0.717) is 0 Å². The summed E-state index contributed by atoms with van der Waals surface area (Å²) < 4.78 is 2.00. The quantitative estimate of drug-likeness (QED) is 0.562. The van der Waals surface area contributed by atoms with Gasteiger partial charge in [0.2, 0.25) is 0 Å². The Bertz CT molecular complexity index is 347. The molecule has 3 nitrogen and oxygen atoms in total. The third-order valence-corrected chi connectivity index (χ3v) is 2.50. The maximum atomic E-state index is 5.22. The second-order valence-corrected chi connectivity index (χ2v) is 3.99. The summed E-state index contributed by atoms with van der Waals surface area (Å²) in [6.45, 7) is 7.11. The van der Waals surface area contributed by atoms with Crippen LogP contribution in [0.4, 0.5) is 0 Å². The number of rotatable bonds is 7. The largest absolute Gasteiger partial charge is 0.313 e. The van der Waals surface area contributed by atoms with E-state index in [2.05, 4.69) is 36.4 Å². The van der Waals surface area contributed by atoms with Crippen LogP contribution in [0.3, 0.4) is 0 Å². The number of hydrogen-bond donors (Lipinski definition) is 1. The van der Waals surface area contributed by atoms with Crippen molar-refractivity contribution in [2.45, 2.75) is 46.2 Å². The minimum absolute atomic E-state index is 0.822. The Morgan fingerprint density at radius 2 is 2.38 bits per heavy atom. The van der Waals surface area contributed by atoms with Crippen molar-refractivity contribution in [1.82, 2.24) is 15.1 Å². The molecule has 0 radical (unpaired) electrons. The molecule has 0 fully saturated rings. The van der Waals surface area contributed by atoms with Crippen LogP contribution >= 0.6 is 0 Å². The van der Waals surface area contributed by atoms with Gasteiger partial charge in [-0.3, -0.25) is 4.68 Å². The predicted octanol–water partition coefficient (Wildman–Crippen LogP) is 2.10. The molecule has 16 heavy (non-hydrogen) atoms. The molecular weight excluding hydrogens is 198 g/mol. The van der Waals surface area contributed by atoms with E-state index in [1.807, 2.05) is 4.68 Å². The number of unbranched alkanes of at least 4 members (excludes halogenated alkanes) is 1. The van der Waals surface area contributed by atoms with E-state index >= 15 is 0 Å². The van der Waals surface area contributed by atoms with Gasteiger partial charge in [0, 0.05) is 31.3 Å². The minimum Gasteiger partial charge on any atom is -0.313 e. The van der Waals surface area contributed by atoms with Gasteiger partial charge < -0.3 is 5.32 Å². The molecule has 3 heteroatoms. The van der Waals surface area contributed by atoms with Crippen LogP contribution in [-0.2, 0) is 13.1 Å². The van der Waals surface area contributed by atoms with Gasteiger partial charge in [-0.05, 0) is 26.3 Å². The average molecular weight is 219 g/mol. The van der Waals surface area contributed by atoms with Gasteiger partial charge in [0.25, 0.3) is 0 Å². The molecule has 0 saturated carbocycles. The van der Waals surface area contributed by atoms with Gasteiger partial charge >= 0.3 is 0 Å². The molecule has 1 N–H and O–H groups in total. The van der Waals surface area contributed by atoms with E-state index in [1.165, 1.54) is 5.56 Å². The average Bonchev–Trinajstić information content (AvgIpc) is 2.61. The van der Waals surface area contributed by atoms with Gasteiger partial charge in [0.15, 0.2) is 0 Å². The van der Waals surface area contributed by atoms with Crippen molar-refractivity contribution >= 4 is 0 Å². The zero-order chi connectivity index (χ0) is 11.8. The highest BCUT2D eigenvalue weighted by molar-refractivity contribution is 5.14. The number of terminal acetylenes is 1. The summed E-state index contributed by atoms with van der Waals surface area (Å²) in [6, 6.07) is 0. The van der Waals surface area contributed by atoms with Crippen molar-refractivity contribution in [3.05, 3.63) is 17.5 Å². The summed E-state index contributed by atoms with van der Waals surface area (Å²) in [5, 5.41) is 7.86. The van der Waals surface area contributed by atoms with Crippen molar-refractivity contribution < 1.29 is 0 Å². The Kier molecular flexibility index (Phi) is 5.66. The second-order valence-electron chi connectivity index (χ2n) is 3.99. The lowest BCUT2D eigenvalue weighted by Crippen LogP contribution is -2.13. The van der Waals surface area contributed by atoms with Gasteiger partial charge in [-0.25, -0.2) is 0 Å². The minimum atomic E-state index is 0.822. The normalized spacial score (nSPS) is 10.3. The van der Waals surface area contributed by atoms with Crippen LogP contribution in [0, 0.1) is 19.3 Å². The van der Waals surface area contributed by atoms with Crippen LogP contribution in [0.2, 0.25) is 0 Å². The molecular formula is C13H21N3. The number of nitrogens with zero attached hydrogens (tertiary/aromatic N) is 2. The molecule has 0 aromatic carbocycles. The lowest BCUT2D eigenvalue weighted by atomic mass is 10.2. The molecule has 1 aromatic rings. The summed E-state index contributed by atoms with van der Waals surface area (Å²) in [4.78, 5) is 0. The molecule has 0 unspecified atom stereocenters. The van der Waals surface area contributed by atoms with Crippen molar-refractivity contribution in [3.8, 4) is 12.3 Å². The molecule has 1 aromatic heterocycles. The number of nitrogens with one attached hydrogen (secondary N) is 1. The maximum absolute atomic E-state index is 5.22. The van der Waals surface area contributed by atoms with Crippen molar-refractivity contribution in [2.24, 2.45) is 0 Å². The lowest BCUT2D eigenvalue weighted by molar-refractivity contribution is 0.582. The van der Waals surface area contributed by atoms with Crippen LogP contribution in [0.25, 0.3) is 0 Å². The smallest absolute Gasteiger partial charge is 0.0638 e. The summed E-state index contributed by atoms with van der Waals surface area (Å²) in [6.07, 6.45) is 10.3. The monoisotopic (exact) mass is 219 g/mol. The second kappa shape index (κ2) is 7.08.